The Bertz CT molecular complexity index is 772. The summed E-state index contributed by atoms with van der Waals surface area (Å²) in [5.41, 5.74) is 0.942. The van der Waals surface area contributed by atoms with Gasteiger partial charge in [-0.2, -0.15) is 0 Å². The van der Waals surface area contributed by atoms with E-state index in [9.17, 15) is 4.79 Å². The van der Waals surface area contributed by atoms with Gasteiger partial charge in [0.1, 0.15) is 0 Å². The zero-order chi connectivity index (χ0) is 17.8. The van der Waals surface area contributed by atoms with Crippen LogP contribution in [0.5, 0.6) is 11.5 Å². The lowest BCUT2D eigenvalue weighted by Crippen LogP contribution is -2.41. The molecule has 1 amide bonds. The number of nitrogens with zero attached hydrogens (tertiary/aromatic N) is 3. The number of aromatic nitrogens is 2. The molecule has 0 bridgehead atoms. The standard InChI is InChI=1S/C17H20N4O5/c22-16(18-3-4-21-5-7-23-8-6-21)17-20-19-15(26-17)10-12-1-2-13-14(9-12)25-11-24-13/h1-2,9H,3-8,10-11H2,(H,18,22). The average molecular weight is 360 g/mol. The molecule has 0 spiro atoms. The van der Waals surface area contributed by atoms with Gasteiger partial charge in [-0.3, -0.25) is 9.69 Å². The van der Waals surface area contributed by atoms with Gasteiger partial charge in [-0.1, -0.05) is 6.07 Å². The summed E-state index contributed by atoms with van der Waals surface area (Å²) in [4.78, 5) is 14.4. The summed E-state index contributed by atoms with van der Waals surface area (Å²) in [6.45, 7) is 4.77. The molecule has 26 heavy (non-hydrogen) atoms. The first-order chi connectivity index (χ1) is 12.8. The van der Waals surface area contributed by atoms with Crippen LogP contribution in [-0.2, 0) is 11.2 Å². The van der Waals surface area contributed by atoms with E-state index in [-0.39, 0.29) is 18.6 Å². The van der Waals surface area contributed by atoms with Gasteiger partial charge in [-0.15, -0.1) is 10.2 Å². The normalized spacial score (nSPS) is 16.6. The maximum Gasteiger partial charge on any atom is 0.308 e. The van der Waals surface area contributed by atoms with Crippen LogP contribution in [0, 0.1) is 0 Å². The molecule has 4 rings (SSSR count). The van der Waals surface area contributed by atoms with E-state index in [1.807, 2.05) is 18.2 Å². The minimum Gasteiger partial charge on any atom is -0.454 e. The van der Waals surface area contributed by atoms with E-state index in [2.05, 4.69) is 20.4 Å². The number of carbonyl (C=O) groups is 1. The predicted molar refractivity (Wildman–Crippen MR) is 89.3 cm³/mol. The van der Waals surface area contributed by atoms with E-state index < -0.39 is 0 Å². The van der Waals surface area contributed by atoms with E-state index in [4.69, 9.17) is 18.6 Å². The number of rotatable bonds is 6. The second-order valence-electron chi connectivity index (χ2n) is 6.08. The van der Waals surface area contributed by atoms with Crippen molar-refractivity contribution in [3.05, 3.63) is 35.5 Å². The Hall–Kier alpha value is -2.65. The molecule has 2 aliphatic heterocycles. The van der Waals surface area contributed by atoms with Gasteiger partial charge in [0.05, 0.1) is 19.6 Å². The summed E-state index contributed by atoms with van der Waals surface area (Å²) in [5.74, 6) is 1.41. The molecule has 2 aliphatic rings. The van der Waals surface area contributed by atoms with E-state index in [1.54, 1.807) is 0 Å². The molecule has 0 radical (unpaired) electrons. The van der Waals surface area contributed by atoms with Gasteiger partial charge in [0, 0.05) is 26.2 Å². The van der Waals surface area contributed by atoms with Crippen molar-refractivity contribution in [1.29, 1.82) is 0 Å². The first-order valence-corrected chi connectivity index (χ1v) is 8.57. The fourth-order valence-corrected chi connectivity index (χ4v) is 2.87. The zero-order valence-corrected chi connectivity index (χ0v) is 14.3. The van der Waals surface area contributed by atoms with Gasteiger partial charge in [0.25, 0.3) is 0 Å². The lowest BCUT2D eigenvalue weighted by molar-refractivity contribution is 0.0382. The second-order valence-corrected chi connectivity index (χ2v) is 6.08. The summed E-state index contributed by atoms with van der Waals surface area (Å²) in [5, 5.41) is 10.6. The third kappa shape index (κ3) is 3.94. The van der Waals surface area contributed by atoms with Crippen LogP contribution in [0.3, 0.4) is 0 Å². The summed E-state index contributed by atoms with van der Waals surface area (Å²) >= 11 is 0. The van der Waals surface area contributed by atoms with Crippen molar-refractivity contribution in [2.45, 2.75) is 6.42 Å². The molecule has 1 aromatic heterocycles. The van der Waals surface area contributed by atoms with Crippen molar-refractivity contribution < 1.29 is 23.4 Å². The molecule has 9 nitrogen and oxygen atoms in total. The van der Waals surface area contributed by atoms with Crippen molar-refractivity contribution in [2.24, 2.45) is 0 Å². The van der Waals surface area contributed by atoms with Crippen molar-refractivity contribution in [3.8, 4) is 11.5 Å². The van der Waals surface area contributed by atoms with Crippen molar-refractivity contribution in [1.82, 2.24) is 20.4 Å². The molecule has 0 saturated carbocycles. The lowest BCUT2D eigenvalue weighted by atomic mass is 10.1. The van der Waals surface area contributed by atoms with Crippen LogP contribution in [0.4, 0.5) is 0 Å². The smallest absolute Gasteiger partial charge is 0.308 e. The van der Waals surface area contributed by atoms with Gasteiger partial charge in [-0.05, 0) is 17.7 Å². The Balaban J connectivity index is 1.28. The number of nitrogens with one attached hydrogen (secondary N) is 1. The molecule has 9 heteroatoms. The molecule has 0 aliphatic carbocycles. The van der Waals surface area contributed by atoms with E-state index in [1.165, 1.54) is 0 Å². The first kappa shape index (κ1) is 16.8. The van der Waals surface area contributed by atoms with Crippen molar-refractivity contribution in [3.63, 3.8) is 0 Å². The SMILES string of the molecule is O=C(NCCN1CCOCC1)c1nnc(Cc2ccc3c(c2)OCO3)o1. The number of benzene rings is 1. The molecule has 138 valence electrons. The number of ether oxygens (including phenoxy) is 3. The highest BCUT2D eigenvalue weighted by atomic mass is 16.7. The Morgan fingerprint density at radius 1 is 1.15 bits per heavy atom. The number of hydrogen-bond acceptors (Lipinski definition) is 8. The maximum absolute atomic E-state index is 12.1. The van der Waals surface area contributed by atoms with Crippen molar-refractivity contribution >= 4 is 5.91 Å². The van der Waals surface area contributed by atoms with Crippen LogP contribution in [0.15, 0.2) is 22.6 Å². The molecule has 0 atom stereocenters. The summed E-state index contributed by atoms with van der Waals surface area (Å²) in [6.07, 6.45) is 0.421. The third-order valence-corrected chi connectivity index (χ3v) is 4.27. The third-order valence-electron chi connectivity index (χ3n) is 4.27. The molecular weight excluding hydrogens is 340 g/mol. The number of amides is 1. The van der Waals surface area contributed by atoms with Crippen LogP contribution >= 0.6 is 0 Å². The van der Waals surface area contributed by atoms with Crippen LogP contribution in [-0.4, -0.2) is 67.2 Å². The molecule has 2 aromatic rings. The summed E-state index contributed by atoms with van der Waals surface area (Å²) in [7, 11) is 0. The van der Waals surface area contributed by atoms with Gasteiger partial charge >= 0.3 is 11.8 Å². The minimum absolute atomic E-state index is 0.0253. The Kier molecular flexibility index (Phi) is 4.98. The Labute approximate surface area is 150 Å². The van der Waals surface area contributed by atoms with Crippen LogP contribution in [0.25, 0.3) is 0 Å². The highest BCUT2D eigenvalue weighted by Crippen LogP contribution is 2.32. The highest BCUT2D eigenvalue weighted by molar-refractivity contribution is 5.89. The van der Waals surface area contributed by atoms with Crippen LogP contribution in [0.1, 0.15) is 22.1 Å². The molecule has 1 N–H and O–H groups in total. The topological polar surface area (TPSA) is 99.0 Å². The van der Waals surface area contributed by atoms with E-state index in [0.717, 1.165) is 44.2 Å². The Morgan fingerprint density at radius 2 is 2.00 bits per heavy atom. The first-order valence-electron chi connectivity index (χ1n) is 8.57. The quantitative estimate of drug-likeness (QED) is 0.793. The van der Waals surface area contributed by atoms with Crippen LogP contribution < -0.4 is 14.8 Å². The predicted octanol–water partition coefficient (Wildman–Crippen LogP) is 0.451. The fraction of sp³-hybridized carbons (Fsp3) is 0.471. The molecule has 1 aromatic carbocycles. The minimum atomic E-state index is -0.359. The highest BCUT2D eigenvalue weighted by Gasteiger charge is 2.18. The average Bonchev–Trinajstić information content (AvgIpc) is 3.31. The number of hydrogen-bond donors (Lipinski definition) is 1. The largest absolute Gasteiger partial charge is 0.454 e. The zero-order valence-electron chi connectivity index (χ0n) is 14.3. The van der Waals surface area contributed by atoms with Crippen LogP contribution in [0.2, 0.25) is 0 Å². The van der Waals surface area contributed by atoms with Gasteiger partial charge in [0.15, 0.2) is 11.5 Å². The maximum atomic E-state index is 12.1. The van der Waals surface area contributed by atoms with Gasteiger partial charge in [-0.25, -0.2) is 0 Å². The summed E-state index contributed by atoms with van der Waals surface area (Å²) < 4.78 is 21.4. The van der Waals surface area contributed by atoms with E-state index in [0.29, 0.717) is 24.6 Å². The van der Waals surface area contributed by atoms with Gasteiger partial charge in [0.2, 0.25) is 12.7 Å². The monoisotopic (exact) mass is 360 g/mol. The molecule has 1 saturated heterocycles. The molecule has 1 fully saturated rings. The summed E-state index contributed by atoms with van der Waals surface area (Å²) in [6, 6.07) is 5.61. The molecular formula is C17H20N4O5. The van der Waals surface area contributed by atoms with Crippen molar-refractivity contribution in [2.75, 3.05) is 46.2 Å². The van der Waals surface area contributed by atoms with E-state index >= 15 is 0 Å². The second kappa shape index (κ2) is 7.71. The van der Waals surface area contributed by atoms with Gasteiger partial charge < -0.3 is 23.9 Å². The number of carbonyl (C=O) groups excluding carboxylic acids is 1. The number of fused-ring (bicyclic) bond motifs is 1. The lowest BCUT2D eigenvalue weighted by Gasteiger charge is -2.26. The fourth-order valence-electron chi connectivity index (χ4n) is 2.87. The molecule has 3 heterocycles. The Morgan fingerprint density at radius 3 is 2.88 bits per heavy atom. The number of morpholine rings is 1. The molecule has 0 unspecified atom stereocenters.